The number of rotatable bonds is 3. The van der Waals surface area contributed by atoms with Gasteiger partial charge in [-0.3, -0.25) is 0 Å². The highest BCUT2D eigenvalue weighted by molar-refractivity contribution is 9.10. The van der Waals surface area contributed by atoms with Gasteiger partial charge in [-0.25, -0.2) is 0 Å². The smallest absolute Gasteiger partial charge is 0.418 e. The van der Waals surface area contributed by atoms with Crippen LogP contribution in [0.4, 0.5) is 18.9 Å². The molecule has 2 N–H and O–H groups in total. The number of anilines is 1. The molecule has 0 heterocycles. The number of hydrogen-bond acceptors (Lipinski definition) is 2. The molecule has 1 atom stereocenters. The lowest BCUT2D eigenvalue weighted by Gasteiger charge is -2.20. The molecule has 21 heavy (non-hydrogen) atoms. The minimum atomic E-state index is -4.44. The molecule has 0 aliphatic rings. The molecular weight excluding hydrogens is 347 g/mol. The number of aromatic hydroxyl groups is 1. The van der Waals surface area contributed by atoms with Gasteiger partial charge in [-0.2, -0.15) is 13.2 Å². The van der Waals surface area contributed by atoms with E-state index >= 15 is 0 Å². The lowest BCUT2D eigenvalue weighted by Crippen LogP contribution is -2.13. The molecule has 0 bridgehead atoms. The maximum atomic E-state index is 13.0. The molecule has 0 fully saturated rings. The first kappa shape index (κ1) is 15.7. The van der Waals surface area contributed by atoms with Crippen molar-refractivity contribution in [2.24, 2.45) is 0 Å². The highest BCUT2D eigenvalue weighted by Gasteiger charge is 2.34. The van der Waals surface area contributed by atoms with Gasteiger partial charge in [-0.15, -0.1) is 0 Å². The molecule has 0 spiro atoms. The topological polar surface area (TPSA) is 32.3 Å². The molecule has 0 amide bonds. The maximum absolute atomic E-state index is 13.0. The van der Waals surface area contributed by atoms with Crippen molar-refractivity contribution in [3.63, 3.8) is 0 Å². The number of alkyl halides is 3. The van der Waals surface area contributed by atoms with Crippen molar-refractivity contribution in [1.82, 2.24) is 0 Å². The Morgan fingerprint density at radius 3 is 2.48 bits per heavy atom. The summed E-state index contributed by atoms with van der Waals surface area (Å²) in [6, 6.07) is 10.0. The summed E-state index contributed by atoms with van der Waals surface area (Å²) in [7, 11) is 0. The molecule has 0 radical (unpaired) electrons. The van der Waals surface area contributed by atoms with E-state index in [1.54, 1.807) is 25.1 Å². The van der Waals surface area contributed by atoms with E-state index in [1.807, 2.05) is 0 Å². The van der Waals surface area contributed by atoms with Gasteiger partial charge in [0.25, 0.3) is 0 Å². The molecule has 2 rings (SSSR count). The molecule has 2 nitrogen and oxygen atoms in total. The Morgan fingerprint density at radius 1 is 1.14 bits per heavy atom. The van der Waals surface area contributed by atoms with Crippen LogP contribution < -0.4 is 5.32 Å². The van der Waals surface area contributed by atoms with Gasteiger partial charge in [0.15, 0.2) is 0 Å². The first-order valence-corrected chi connectivity index (χ1v) is 6.99. The Hall–Kier alpha value is -1.69. The second-order valence-corrected chi connectivity index (χ2v) is 5.56. The number of benzene rings is 2. The van der Waals surface area contributed by atoms with E-state index < -0.39 is 11.7 Å². The monoisotopic (exact) mass is 359 g/mol. The number of halogens is 4. The quantitative estimate of drug-likeness (QED) is 0.774. The van der Waals surface area contributed by atoms with Gasteiger partial charge in [-0.05, 0) is 42.8 Å². The van der Waals surface area contributed by atoms with Crippen LogP contribution in [0.1, 0.15) is 24.1 Å². The minimum absolute atomic E-state index is 0.00143. The van der Waals surface area contributed by atoms with E-state index in [9.17, 15) is 18.3 Å². The summed E-state index contributed by atoms with van der Waals surface area (Å²) in [5, 5.41) is 12.3. The third-order valence-corrected chi connectivity index (χ3v) is 3.52. The van der Waals surface area contributed by atoms with E-state index in [4.69, 9.17) is 0 Å². The summed E-state index contributed by atoms with van der Waals surface area (Å²) in [5.41, 5.74) is -0.0311. The molecule has 2 aromatic carbocycles. The van der Waals surface area contributed by atoms with Crippen molar-refractivity contribution in [1.29, 1.82) is 0 Å². The van der Waals surface area contributed by atoms with E-state index in [2.05, 4.69) is 21.2 Å². The predicted molar refractivity (Wildman–Crippen MR) is 79.3 cm³/mol. The van der Waals surface area contributed by atoms with Crippen molar-refractivity contribution in [3.05, 3.63) is 58.1 Å². The van der Waals surface area contributed by atoms with Crippen LogP contribution in [0.25, 0.3) is 0 Å². The van der Waals surface area contributed by atoms with Crippen LogP contribution in [-0.4, -0.2) is 5.11 Å². The molecule has 0 aliphatic heterocycles. The lowest BCUT2D eigenvalue weighted by atomic mass is 10.1. The summed E-state index contributed by atoms with van der Waals surface area (Å²) in [4.78, 5) is 0. The van der Waals surface area contributed by atoms with Crippen LogP contribution in [0.2, 0.25) is 0 Å². The van der Waals surface area contributed by atoms with Crippen molar-refractivity contribution >= 4 is 21.6 Å². The molecule has 2 aromatic rings. The molecule has 0 saturated heterocycles. The van der Waals surface area contributed by atoms with Crippen LogP contribution in [-0.2, 0) is 6.18 Å². The zero-order valence-corrected chi connectivity index (χ0v) is 12.7. The fourth-order valence-electron chi connectivity index (χ4n) is 1.99. The molecule has 0 saturated carbocycles. The standard InChI is InChI=1S/C15H13BrF3NO/c1-9(10-3-2-4-12(21)7-10)20-14-6-5-11(16)8-13(14)15(17,18)19/h2-9,20-21H,1H3. The molecule has 112 valence electrons. The zero-order chi connectivity index (χ0) is 15.6. The number of phenols is 1. The van der Waals surface area contributed by atoms with Crippen LogP contribution in [0.3, 0.4) is 0 Å². The summed E-state index contributed by atoms with van der Waals surface area (Å²) < 4.78 is 39.5. The lowest BCUT2D eigenvalue weighted by molar-refractivity contribution is -0.137. The number of nitrogens with one attached hydrogen (secondary N) is 1. The number of phenolic OH excluding ortho intramolecular Hbond substituents is 1. The summed E-state index contributed by atoms with van der Waals surface area (Å²) in [6.07, 6.45) is -4.44. The molecule has 0 aliphatic carbocycles. The summed E-state index contributed by atoms with van der Waals surface area (Å²) >= 11 is 3.05. The van der Waals surface area contributed by atoms with Crippen molar-refractivity contribution < 1.29 is 18.3 Å². The van der Waals surface area contributed by atoms with Crippen LogP contribution in [0.15, 0.2) is 46.9 Å². The second kappa shape index (κ2) is 5.97. The predicted octanol–water partition coefficient (Wildman–Crippen LogP) is 5.35. The van der Waals surface area contributed by atoms with E-state index in [0.29, 0.717) is 10.0 Å². The Balaban J connectivity index is 2.31. The Morgan fingerprint density at radius 2 is 1.86 bits per heavy atom. The van der Waals surface area contributed by atoms with E-state index in [1.165, 1.54) is 18.2 Å². The molecule has 1 unspecified atom stereocenters. The van der Waals surface area contributed by atoms with Gasteiger partial charge >= 0.3 is 6.18 Å². The molecular formula is C15H13BrF3NO. The maximum Gasteiger partial charge on any atom is 0.418 e. The van der Waals surface area contributed by atoms with Gasteiger partial charge in [0.05, 0.1) is 5.56 Å². The van der Waals surface area contributed by atoms with Crippen molar-refractivity contribution in [3.8, 4) is 5.75 Å². The largest absolute Gasteiger partial charge is 0.508 e. The average Bonchev–Trinajstić information content (AvgIpc) is 2.39. The molecule has 0 aromatic heterocycles. The normalized spacial score (nSPS) is 13.0. The Labute approximate surface area is 128 Å². The van der Waals surface area contributed by atoms with Crippen LogP contribution in [0.5, 0.6) is 5.75 Å². The van der Waals surface area contributed by atoms with Crippen molar-refractivity contribution in [2.75, 3.05) is 5.32 Å². The Bertz CT molecular complexity index is 643. The van der Waals surface area contributed by atoms with Gasteiger partial charge in [0, 0.05) is 16.2 Å². The third-order valence-electron chi connectivity index (χ3n) is 3.03. The fourth-order valence-corrected chi connectivity index (χ4v) is 2.35. The average molecular weight is 360 g/mol. The van der Waals surface area contributed by atoms with Gasteiger partial charge < -0.3 is 10.4 Å². The second-order valence-electron chi connectivity index (χ2n) is 4.65. The van der Waals surface area contributed by atoms with Crippen LogP contribution >= 0.6 is 15.9 Å². The summed E-state index contributed by atoms with van der Waals surface area (Å²) in [5.74, 6) is 0.0769. The first-order chi connectivity index (χ1) is 9.77. The van der Waals surface area contributed by atoms with E-state index in [0.717, 1.165) is 6.07 Å². The van der Waals surface area contributed by atoms with Crippen molar-refractivity contribution in [2.45, 2.75) is 19.1 Å². The SMILES string of the molecule is CC(Nc1ccc(Br)cc1C(F)(F)F)c1cccc(O)c1. The summed E-state index contributed by atoms with van der Waals surface area (Å²) in [6.45, 7) is 1.73. The number of hydrogen-bond donors (Lipinski definition) is 2. The fraction of sp³-hybridized carbons (Fsp3) is 0.200. The van der Waals surface area contributed by atoms with Gasteiger partial charge in [0.2, 0.25) is 0 Å². The highest BCUT2D eigenvalue weighted by atomic mass is 79.9. The minimum Gasteiger partial charge on any atom is -0.508 e. The molecule has 6 heteroatoms. The third kappa shape index (κ3) is 3.91. The Kier molecular flexibility index (Phi) is 4.46. The van der Waals surface area contributed by atoms with Gasteiger partial charge in [-0.1, -0.05) is 28.1 Å². The van der Waals surface area contributed by atoms with E-state index in [-0.39, 0.29) is 17.5 Å². The van der Waals surface area contributed by atoms with Gasteiger partial charge in [0.1, 0.15) is 5.75 Å². The first-order valence-electron chi connectivity index (χ1n) is 6.19. The highest BCUT2D eigenvalue weighted by Crippen LogP contribution is 2.37. The zero-order valence-electron chi connectivity index (χ0n) is 11.1. The van der Waals surface area contributed by atoms with Crippen LogP contribution in [0, 0.1) is 0 Å².